The Kier molecular flexibility index (Phi) is 4.28. The molecule has 2 heterocycles. The molecule has 0 aliphatic heterocycles. The maximum absolute atomic E-state index is 11.6. The van der Waals surface area contributed by atoms with Crippen molar-refractivity contribution >= 4 is 17.9 Å². The molecule has 0 saturated heterocycles. The van der Waals surface area contributed by atoms with E-state index >= 15 is 0 Å². The van der Waals surface area contributed by atoms with Crippen LogP contribution in [0.15, 0.2) is 47.0 Å². The molecule has 6 nitrogen and oxygen atoms in total. The van der Waals surface area contributed by atoms with Crippen molar-refractivity contribution in [1.82, 2.24) is 15.8 Å². The molecule has 2 aromatic rings. The Hall–Kier alpha value is -2.89. The van der Waals surface area contributed by atoms with Gasteiger partial charge in [-0.2, -0.15) is 0 Å². The molecule has 2 aromatic heterocycles. The van der Waals surface area contributed by atoms with E-state index in [1.165, 1.54) is 18.3 Å². The number of nitrogens with zero attached hydrogens (tertiary/aromatic N) is 1. The molecule has 0 aliphatic carbocycles. The summed E-state index contributed by atoms with van der Waals surface area (Å²) < 4.78 is 5.26. The SMILES string of the molecule is Cc1ccc(/C=C/C(=O)NNC(=O)c2ccccn2)o1. The van der Waals surface area contributed by atoms with Crippen LogP contribution in [0.3, 0.4) is 0 Å². The fourth-order valence-electron chi connectivity index (χ4n) is 1.42. The lowest BCUT2D eigenvalue weighted by molar-refractivity contribution is -0.117. The van der Waals surface area contributed by atoms with Crippen molar-refractivity contribution in [2.75, 3.05) is 0 Å². The summed E-state index contributed by atoms with van der Waals surface area (Å²) in [6, 6.07) is 8.46. The predicted molar refractivity (Wildman–Crippen MR) is 72.3 cm³/mol. The molecule has 0 unspecified atom stereocenters. The third kappa shape index (κ3) is 3.81. The quantitative estimate of drug-likeness (QED) is 0.653. The molecule has 2 N–H and O–H groups in total. The molecule has 0 aliphatic rings. The van der Waals surface area contributed by atoms with Gasteiger partial charge >= 0.3 is 0 Å². The minimum absolute atomic E-state index is 0.221. The zero-order chi connectivity index (χ0) is 14.4. The van der Waals surface area contributed by atoms with Gasteiger partial charge in [0.2, 0.25) is 0 Å². The number of rotatable bonds is 3. The second kappa shape index (κ2) is 6.33. The molecule has 0 spiro atoms. The van der Waals surface area contributed by atoms with Crippen LogP contribution in [0, 0.1) is 6.92 Å². The number of carbonyl (C=O) groups is 2. The van der Waals surface area contributed by atoms with Crippen LogP contribution in [0.25, 0.3) is 6.08 Å². The average molecular weight is 271 g/mol. The molecule has 0 saturated carbocycles. The van der Waals surface area contributed by atoms with Gasteiger partial charge in [-0.3, -0.25) is 25.4 Å². The van der Waals surface area contributed by atoms with E-state index in [1.54, 1.807) is 30.3 Å². The summed E-state index contributed by atoms with van der Waals surface area (Å²) in [5.74, 6) is 0.367. The van der Waals surface area contributed by atoms with Crippen LogP contribution in [0.5, 0.6) is 0 Å². The largest absolute Gasteiger partial charge is 0.462 e. The van der Waals surface area contributed by atoms with Gasteiger partial charge in [-0.05, 0) is 37.3 Å². The zero-order valence-corrected chi connectivity index (χ0v) is 10.8. The van der Waals surface area contributed by atoms with Crippen LogP contribution in [-0.4, -0.2) is 16.8 Å². The number of aryl methyl sites for hydroxylation is 1. The monoisotopic (exact) mass is 271 g/mol. The fraction of sp³-hybridized carbons (Fsp3) is 0.0714. The van der Waals surface area contributed by atoms with E-state index in [0.29, 0.717) is 5.76 Å². The van der Waals surface area contributed by atoms with Gasteiger partial charge in [0.15, 0.2) is 0 Å². The van der Waals surface area contributed by atoms with Crippen molar-refractivity contribution < 1.29 is 14.0 Å². The van der Waals surface area contributed by atoms with Crippen LogP contribution in [-0.2, 0) is 4.79 Å². The zero-order valence-electron chi connectivity index (χ0n) is 10.8. The Balaban J connectivity index is 1.83. The van der Waals surface area contributed by atoms with E-state index in [1.807, 2.05) is 6.92 Å². The van der Waals surface area contributed by atoms with E-state index in [4.69, 9.17) is 4.42 Å². The number of hydrogen-bond acceptors (Lipinski definition) is 4. The van der Waals surface area contributed by atoms with E-state index < -0.39 is 11.8 Å². The molecule has 20 heavy (non-hydrogen) atoms. The molecular weight excluding hydrogens is 258 g/mol. The third-order valence-corrected chi connectivity index (χ3v) is 2.36. The Morgan fingerprint density at radius 2 is 2.05 bits per heavy atom. The van der Waals surface area contributed by atoms with Crippen LogP contribution >= 0.6 is 0 Å². The Morgan fingerprint density at radius 3 is 2.70 bits per heavy atom. The summed E-state index contributed by atoms with van der Waals surface area (Å²) in [5.41, 5.74) is 4.73. The molecule has 0 bridgehead atoms. The third-order valence-electron chi connectivity index (χ3n) is 2.36. The van der Waals surface area contributed by atoms with Gasteiger partial charge in [0.1, 0.15) is 17.2 Å². The molecule has 2 rings (SSSR count). The summed E-state index contributed by atoms with van der Waals surface area (Å²) in [6.45, 7) is 1.81. The summed E-state index contributed by atoms with van der Waals surface area (Å²) in [7, 11) is 0. The number of furan rings is 1. The highest BCUT2D eigenvalue weighted by Crippen LogP contribution is 2.07. The maximum atomic E-state index is 11.6. The van der Waals surface area contributed by atoms with Gasteiger partial charge < -0.3 is 4.42 Å². The lowest BCUT2D eigenvalue weighted by atomic mass is 10.3. The Bertz CT molecular complexity index is 632. The first kappa shape index (κ1) is 13.5. The lowest BCUT2D eigenvalue weighted by Gasteiger charge is -2.03. The topological polar surface area (TPSA) is 84.2 Å². The summed E-state index contributed by atoms with van der Waals surface area (Å²) in [5, 5.41) is 0. The van der Waals surface area contributed by atoms with Crippen LogP contribution in [0.4, 0.5) is 0 Å². The van der Waals surface area contributed by atoms with Gasteiger partial charge in [0, 0.05) is 12.3 Å². The molecule has 102 valence electrons. The molecule has 0 radical (unpaired) electrons. The number of carbonyl (C=O) groups excluding carboxylic acids is 2. The molecular formula is C14H13N3O3. The van der Waals surface area contributed by atoms with E-state index in [9.17, 15) is 9.59 Å². The number of amides is 2. The van der Waals surface area contributed by atoms with Gasteiger partial charge in [-0.25, -0.2) is 0 Å². The first-order valence-electron chi connectivity index (χ1n) is 5.91. The standard InChI is InChI=1S/C14H13N3O3/c1-10-5-6-11(20-10)7-8-13(18)16-17-14(19)12-4-2-3-9-15-12/h2-9H,1H3,(H,16,18)(H,17,19)/b8-7+. The lowest BCUT2D eigenvalue weighted by Crippen LogP contribution is -2.41. The number of hydrazine groups is 1. The fourth-order valence-corrected chi connectivity index (χ4v) is 1.42. The number of hydrogen-bond donors (Lipinski definition) is 2. The summed E-state index contributed by atoms with van der Waals surface area (Å²) >= 11 is 0. The summed E-state index contributed by atoms with van der Waals surface area (Å²) in [4.78, 5) is 26.9. The molecule has 2 amide bonds. The van der Waals surface area contributed by atoms with Crippen molar-refractivity contribution in [1.29, 1.82) is 0 Å². The predicted octanol–water partition coefficient (Wildman–Crippen LogP) is 1.46. The van der Waals surface area contributed by atoms with Gasteiger partial charge in [-0.1, -0.05) is 6.07 Å². The first-order valence-corrected chi connectivity index (χ1v) is 5.91. The number of aromatic nitrogens is 1. The van der Waals surface area contributed by atoms with E-state index in [0.717, 1.165) is 5.76 Å². The van der Waals surface area contributed by atoms with E-state index in [-0.39, 0.29) is 5.69 Å². The molecule has 6 heteroatoms. The second-order valence-corrected chi connectivity index (χ2v) is 3.94. The Labute approximate surface area is 115 Å². The number of pyridine rings is 1. The van der Waals surface area contributed by atoms with Crippen LogP contribution in [0.1, 0.15) is 22.0 Å². The van der Waals surface area contributed by atoms with Gasteiger partial charge in [0.05, 0.1) is 0 Å². The van der Waals surface area contributed by atoms with Crippen molar-refractivity contribution in [3.05, 3.63) is 59.8 Å². The molecule has 0 atom stereocenters. The van der Waals surface area contributed by atoms with Crippen molar-refractivity contribution in [2.24, 2.45) is 0 Å². The van der Waals surface area contributed by atoms with Crippen LogP contribution in [0.2, 0.25) is 0 Å². The van der Waals surface area contributed by atoms with E-state index in [2.05, 4.69) is 15.8 Å². The highest BCUT2D eigenvalue weighted by molar-refractivity contribution is 5.96. The second-order valence-electron chi connectivity index (χ2n) is 3.94. The minimum Gasteiger partial charge on any atom is -0.462 e. The normalized spacial score (nSPS) is 10.4. The van der Waals surface area contributed by atoms with Gasteiger partial charge in [0.25, 0.3) is 11.8 Å². The first-order chi connectivity index (χ1) is 9.65. The highest BCUT2D eigenvalue weighted by atomic mass is 16.3. The van der Waals surface area contributed by atoms with Crippen molar-refractivity contribution in [2.45, 2.75) is 6.92 Å². The Morgan fingerprint density at radius 1 is 1.20 bits per heavy atom. The molecule has 0 fully saturated rings. The maximum Gasteiger partial charge on any atom is 0.288 e. The smallest absolute Gasteiger partial charge is 0.288 e. The number of nitrogens with one attached hydrogen (secondary N) is 2. The van der Waals surface area contributed by atoms with Crippen LogP contribution < -0.4 is 10.9 Å². The van der Waals surface area contributed by atoms with Crippen molar-refractivity contribution in [3.63, 3.8) is 0 Å². The highest BCUT2D eigenvalue weighted by Gasteiger charge is 2.06. The minimum atomic E-state index is -0.485. The van der Waals surface area contributed by atoms with Crippen molar-refractivity contribution in [3.8, 4) is 0 Å². The molecule has 0 aromatic carbocycles. The van der Waals surface area contributed by atoms with Gasteiger partial charge in [-0.15, -0.1) is 0 Å². The summed E-state index contributed by atoms with van der Waals surface area (Å²) in [6.07, 6.45) is 4.27. The average Bonchev–Trinajstić information content (AvgIpc) is 2.89.